The van der Waals surface area contributed by atoms with Crippen LogP contribution in [-0.4, -0.2) is 9.97 Å². The van der Waals surface area contributed by atoms with Crippen LogP contribution in [0.1, 0.15) is 0 Å². The molecule has 4 heteroatoms. The zero-order valence-electron chi connectivity index (χ0n) is 13.7. The topological polar surface area (TPSA) is 28.7 Å². The molecule has 126 valence electrons. The van der Waals surface area contributed by atoms with Gasteiger partial charge in [0.15, 0.2) is 0 Å². The van der Waals surface area contributed by atoms with Gasteiger partial charge in [-0.05, 0) is 23.8 Å². The monoisotopic (exact) mass is 458 g/mol. The van der Waals surface area contributed by atoms with Crippen LogP contribution in [0.4, 0.5) is 0 Å². The molecule has 1 heterocycles. The number of nitrogens with zero attached hydrogens (tertiary/aromatic N) is 1. The molecular weight excluding hydrogens is 438 g/mol. The lowest BCUT2D eigenvalue weighted by atomic mass is 10.4. The van der Waals surface area contributed by atoms with E-state index in [9.17, 15) is 0 Å². The molecule has 4 aromatic rings. The summed E-state index contributed by atoms with van der Waals surface area (Å²) in [5.74, 6) is 0. The zero-order chi connectivity index (χ0) is 16.5. The van der Waals surface area contributed by atoms with Gasteiger partial charge < -0.3 is 4.98 Å². The second-order valence-electron chi connectivity index (χ2n) is 5.10. The first kappa shape index (κ1) is 19.4. The van der Waals surface area contributed by atoms with E-state index in [1.165, 1.54) is 15.9 Å². The van der Waals surface area contributed by atoms with Crippen LogP contribution >= 0.6 is 31.9 Å². The number of benzene rings is 3. The van der Waals surface area contributed by atoms with E-state index in [0.29, 0.717) is 0 Å². The third-order valence-electron chi connectivity index (χ3n) is 3.45. The molecule has 4 rings (SSSR count). The van der Waals surface area contributed by atoms with Crippen LogP contribution in [0.2, 0.25) is 0 Å². The van der Waals surface area contributed by atoms with Crippen LogP contribution < -0.4 is 15.9 Å². The van der Waals surface area contributed by atoms with Crippen molar-refractivity contribution in [3.8, 4) is 0 Å². The molecule has 0 aliphatic heterocycles. The van der Waals surface area contributed by atoms with Gasteiger partial charge in [-0.2, -0.15) is 0 Å². The highest BCUT2D eigenvalue weighted by Crippen LogP contribution is 2.32. The number of rotatable bonds is 3. The van der Waals surface area contributed by atoms with Crippen molar-refractivity contribution in [1.82, 2.24) is 9.97 Å². The number of imidazole rings is 1. The van der Waals surface area contributed by atoms with Gasteiger partial charge in [0.05, 0.1) is 6.33 Å². The third-order valence-corrected chi connectivity index (χ3v) is 5.89. The van der Waals surface area contributed by atoms with Gasteiger partial charge in [-0.1, -0.05) is 91.0 Å². The van der Waals surface area contributed by atoms with Gasteiger partial charge in [0, 0.05) is 12.4 Å². The van der Waals surface area contributed by atoms with Gasteiger partial charge in [0.2, 0.25) is 0 Å². The Labute approximate surface area is 167 Å². The van der Waals surface area contributed by atoms with Crippen molar-refractivity contribution in [3.05, 3.63) is 110 Å². The maximum atomic E-state index is 3.67. The van der Waals surface area contributed by atoms with Crippen molar-refractivity contribution in [3.63, 3.8) is 0 Å². The van der Waals surface area contributed by atoms with Crippen molar-refractivity contribution in [2.24, 2.45) is 0 Å². The first-order valence-corrected chi connectivity index (χ1v) is 9.17. The molecule has 0 aliphatic rings. The quantitative estimate of drug-likeness (QED) is 0.356. The highest BCUT2D eigenvalue weighted by molar-refractivity contribution is 14.0. The molecule has 1 N–H and O–H groups in total. The second kappa shape index (κ2) is 10.8. The molecule has 0 spiro atoms. The number of aromatic nitrogens is 2. The van der Waals surface area contributed by atoms with Crippen molar-refractivity contribution in [1.29, 1.82) is 0 Å². The molecule has 0 unspecified atom stereocenters. The normalized spacial score (nSPS) is 9.64. The molecule has 0 amide bonds. The summed E-state index contributed by atoms with van der Waals surface area (Å²) in [5, 5.41) is 4.19. The Morgan fingerprint density at radius 2 is 1.00 bits per heavy atom. The predicted molar refractivity (Wildman–Crippen MR) is 119 cm³/mol. The van der Waals surface area contributed by atoms with Crippen molar-refractivity contribution in [2.45, 2.75) is 0 Å². The maximum Gasteiger partial charge on any atom is 0.0919 e. The summed E-state index contributed by atoms with van der Waals surface area (Å²) >= 11 is 0. The van der Waals surface area contributed by atoms with Crippen LogP contribution in [0.25, 0.3) is 0 Å². The van der Waals surface area contributed by atoms with Crippen LogP contribution in [0.15, 0.2) is 110 Å². The van der Waals surface area contributed by atoms with Crippen molar-refractivity contribution >= 4 is 47.8 Å². The fraction of sp³-hybridized carbons (Fsp3) is 0. The minimum Gasteiger partial charge on any atom is -0.351 e. The lowest BCUT2D eigenvalue weighted by Crippen LogP contribution is -2.20. The van der Waals surface area contributed by atoms with E-state index in [2.05, 4.69) is 101 Å². The molecule has 0 atom stereocenters. The Bertz CT molecular complexity index is 695. The van der Waals surface area contributed by atoms with Gasteiger partial charge in [-0.3, -0.25) is 0 Å². The standard InChI is InChI=1S/C18H15P.C3H4N2.HI/c1-4-10-16(11-5-1)19(17-12-6-2-7-13-17)18-14-8-3-9-15-18;1-2-5-3-4-1;/h1-15H;1-3H,(H,4,5);1H. The first-order valence-electron chi connectivity index (χ1n) is 7.83. The average molecular weight is 458 g/mol. The number of nitrogens with one attached hydrogen (secondary N) is 1. The number of hydrogen-bond acceptors (Lipinski definition) is 1. The van der Waals surface area contributed by atoms with E-state index < -0.39 is 7.92 Å². The summed E-state index contributed by atoms with van der Waals surface area (Å²) in [7, 11) is -0.446. The van der Waals surface area contributed by atoms with Gasteiger partial charge in [-0.15, -0.1) is 24.0 Å². The minimum atomic E-state index is -0.446. The summed E-state index contributed by atoms with van der Waals surface area (Å²) in [6, 6.07) is 32.3. The fourth-order valence-electron chi connectivity index (χ4n) is 2.39. The first-order chi connectivity index (χ1) is 11.9. The number of hydrogen-bond donors (Lipinski definition) is 1. The summed E-state index contributed by atoms with van der Waals surface area (Å²) in [6.07, 6.45) is 5.08. The predicted octanol–water partition coefficient (Wildman–Crippen LogP) is 4.47. The molecule has 0 bridgehead atoms. The minimum absolute atomic E-state index is 0. The molecule has 25 heavy (non-hydrogen) atoms. The molecular formula is C21H20IN2P. The Balaban J connectivity index is 0.000000325. The number of aromatic amines is 1. The molecule has 1 aromatic heterocycles. The Hall–Kier alpha value is -1.97. The lowest BCUT2D eigenvalue weighted by Gasteiger charge is -2.18. The van der Waals surface area contributed by atoms with E-state index in [0.717, 1.165) is 0 Å². The van der Waals surface area contributed by atoms with Gasteiger partial charge in [0.1, 0.15) is 0 Å². The summed E-state index contributed by atoms with van der Waals surface area (Å²) in [5.41, 5.74) is 0. The third kappa shape index (κ3) is 5.80. The Morgan fingerprint density at radius 1 is 0.600 bits per heavy atom. The van der Waals surface area contributed by atoms with Crippen LogP contribution in [0.3, 0.4) is 0 Å². The average Bonchev–Trinajstić information content (AvgIpc) is 3.25. The van der Waals surface area contributed by atoms with E-state index in [1.807, 2.05) is 0 Å². The zero-order valence-corrected chi connectivity index (χ0v) is 16.9. The Kier molecular flexibility index (Phi) is 8.36. The molecule has 0 aliphatic carbocycles. The molecule has 3 aromatic carbocycles. The summed E-state index contributed by atoms with van der Waals surface area (Å²) < 4.78 is 0. The molecule has 0 radical (unpaired) electrons. The van der Waals surface area contributed by atoms with Gasteiger partial charge in [-0.25, -0.2) is 4.98 Å². The SMILES string of the molecule is I.c1c[nH]cn1.c1ccc(P(c2ccccc2)c2ccccc2)cc1. The highest BCUT2D eigenvalue weighted by Gasteiger charge is 2.14. The molecule has 2 nitrogen and oxygen atoms in total. The van der Waals surface area contributed by atoms with E-state index >= 15 is 0 Å². The highest BCUT2D eigenvalue weighted by atomic mass is 127. The summed E-state index contributed by atoms with van der Waals surface area (Å²) in [6.45, 7) is 0. The summed E-state index contributed by atoms with van der Waals surface area (Å²) in [4.78, 5) is 6.42. The van der Waals surface area contributed by atoms with E-state index in [-0.39, 0.29) is 24.0 Å². The maximum absolute atomic E-state index is 3.67. The smallest absolute Gasteiger partial charge is 0.0919 e. The molecule has 0 fully saturated rings. The number of halogens is 1. The second-order valence-corrected chi connectivity index (χ2v) is 7.32. The van der Waals surface area contributed by atoms with Crippen LogP contribution in [0.5, 0.6) is 0 Å². The van der Waals surface area contributed by atoms with Crippen molar-refractivity contribution in [2.75, 3.05) is 0 Å². The van der Waals surface area contributed by atoms with Gasteiger partial charge in [0.25, 0.3) is 0 Å². The Morgan fingerprint density at radius 3 is 1.24 bits per heavy atom. The van der Waals surface area contributed by atoms with Gasteiger partial charge >= 0.3 is 0 Å². The molecule has 0 saturated carbocycles. The fourth-order valence-corrected chi connectivity index (χ4v) is 4.70. The van der Waals surface area contributed by atoms with Crippen LogP contribution in [0, 0.1) is 0 Å². The molecule has 0 saturated heterocycles. The van der Waals surface area contributed by atoms with Crippen LogP contribution in [-0.2, 0) is 0 Å². The number of H-pyrrole nitrogens is 1. The van der Waals surface area contributed by atoms with E-state index in [4.69, 9.17) is 0 Å². The van der Waals surface area contributed by atoms with E-state index in [1.54, 1.807) is 18.7 Å². The largest absolute Gasteiger partial charge is 0.351 e. The lowest BCUT2D eigenvalue weighted by molar-refractivity contribution is 1.31. The van der Waals surface area contributed by atoms with Crippen molar-refractivity contribution < 1.29 is 0 Å².